The van der Waals surface area contributed by atoms with Crippen molar-refractivity contribution in [2.24, 2.45) is 5.92 Å². The van der Waals surface area contributed by atoms with Crippen molar-refractivity contribution in [3.8, 4) is 0 Å². The average Bonchev–Trinajstić information content (AvgIpc) is 2.76. The van der Waals surface area contributed by atoms with Gasteiger partial charge >= 0.3 is 0 Å². The van der Waals surface area contributed by atoms with Crippen LogP contribution in [0.4, 0.5) is 0 Å². The van der Waals surface area contributed by atoms with E-state index in [9.17, 15) is 0 Å². The summed E-state index contributed by atoms with van der Waals surface area (Å²) in [6.45, 7) is 1.95. The van der Waals surface area contributed by atoms with E-state index < -0.39 is 0 Å². The topological polar surface area (TPSA) is 38.1 Å². The molecular formula is C9H14N2O. The van der Waals surface area contributed by atoms with Gasteiger partial charge in [-0.15, -0.1) is 0 Å². The molecule has 0 bridgehead atoms. The number of hydrogen-bond acceptors (Lipinski definition) is 3. The van der Waals surface area contributed by atoms with Crippen LogP contribution in [0, 0.1) is 5.92 Å². The summed E-state index contributed by atoms with van der Waals surface area (Å²) >= 11 is 0. The number of hydrogen-bond donors (Lipinski definition) is 1. The van der Waals surface area contributed by atoms with Gasteiger partial charge in [0.05, 0.1) is 5.69 Å². The first-order valence-corrected chi connectivity index (χ1v) is 4.55. The smallest absolute Gasteiger partial charge is 0.124 e. The maximum atomic E-state index is 4.71. The lowest BCUT2D eigenvalue weighted by molar-refractivity contribution is 0.408. The lowest BCUT2D eigenvalue weighted by Crippen LogP contribution is -2.15. The summed E-state index contributed by atoms with van der Waals surface area (Å²) in [5.74, 6) is 1.01. The van der Waals surface area contributed by atoms with E-state index in [1.165, 1.54) is 19.3 Å². The summed E-state index contributed by atoms with van der Waals surface area (Å²) in [5.41, 5.74) is 0.991. The molecule has 66 valence electrons. The van der Waals surface area contributed by atoms with Crippen molar-refractivity contribution >= 4 is 0 Å². The van der Waals surface area contributed by atoms with E-state index in [-0.39, 0.29) is 0 Å². The maximum Gasteiger partial charge on any atom is 0.124 e. The largest absolute Gasteiger partial charge is 0.364 e. The van der Waals surface area contributed by atoms with Gasteiger partial charge < -0.3 is 9.84 Å². The van der Waals surface area contributed by atoms with Gasteiger partial charge in [-0.25, -0.2) is 0 Å². The zero-order chi connectivity index (χ0) is 8.23. The highest BCUT2D eigenvalue weighted by molar-refractivity contribution is 4.94. The van der Waals surface area contributed by atoms with Crippen LogP contribution in [0.5, 0.6) is 0 Å². The fraction of sp³-hybridized carbons (Fsp3) is 0.667. The van der Waals surface area contributed by atoms with E-state index >= 15 is 0 Å². The summed E-state index contributed by atoms with van der Waals surface area (Å²) in [6.07, 6.45) is 5.80. The molecule has 3 heteroatoms. The van der Waals surface area contributed by atoms with E-state index in [1.807, 2.05) is 6.07 Å². The second-order valence-electron chi connectivity index (χ2n) is 3.40. The second kappa shape index (κ2) is 3.72. The quantitative estimate of drug-likeness (QED) is 0.675. The van der Waals surface area contributed by atoms with E-state index in [0.717, 1.165) is 24.7 Å². The van der Waals surface area contributed by atoms with Crippen LogP contribution >= 0.6 is 0 Å². The zero-order valence-corrected chi connectivity index (χ0v) is 7.12. The van der Waals surface area contributed by atoms with Crippen LogP contribution in [0.1, 0.15) is 25.0 Å². The molecule has 1 aromatic heterocycles. The predicted octanol–water partition coefficient (Wildman–Crippen LogP) is 1.56. The average molecular weight is 166 g/mol. The molecule has 1 saturated carbocycles. The Bertz CT molecular complexity index is 216. The Kier molecular flexibility index (Phi) is 2.42. The van der Waals surface area contributed by atoms with Crippen LogP contribution in [0.15, 0.2) is 16.9 Å². The van der Waals surface area contributed by atoms with Crippen LogP contribution < -0.4 is 5.32 Å². The fourth-order valence-electron chi connectivity index (χ4n) is 1.26. The van der Waals surface area contributed by atoms with Crippen LogP contribution in [0.3, 0.4) is 0 Å². The monoisotopic (exact) mass is 166 g/mol. The van der Waals surface area contributed by atoms with E-state index in [1.54, 1.807) is 6.26 Å². The van der Waals surface area contributed by atoms with Crippen molar-refractivity contribution in [2.45, 2.75) is 25.8 Å². The maximum absolute atomic E-state index is 4.71. The molecule has 0 spiro atoms. The normalized spacial score (nSPS) is 16.7. The first kappa shape index (κ1) is 7.80. The van der Waals surface area contributed by atoms with Crippen molar-refractivity contribution < 1.29 is 4.52 Å². The molecule has 0 amide bonds. The van der Waals surface area contributed by atoms with Crippen LogP contribution in [-0.4, -0.2) is 11.7 Å². The Morgan fingerprint density at radius 1 is 1.58 bits per heavy atom. The van der Waals surface area contributed by atoms with Gasteiger partial charge in [0.1, 0.15) is 6.26 Å². The van der Waals surface area contributed by atoms with Gasteiger partial charge in [0, 0.05) is 12.6 Å². The molecule has 0 radical (unpaired) electrons. The van der Waals surface area contributed by atoms with Crippen molar-refractivity contribution in [3.63, 3.8) is 0 Å². The molecular weight excluding hydrogens is 152 g/mol. The van der Waals surface area contributed by atoms with Crippen LogP contribution in [-0.2, 0) is 6.54 Å². The molecule has 0 saturated heterocycles. The van der Waals surface area contributed by atoms with Crippen LogP contribution in [0.2, 0.25) is 0 Å². The summed E-state index contributed by atoms with van der Waals surface area (Å²) < 4.78 is 4.71. The first-order valence-electron chi connectivity index (χ1n) is 4.55. The number of rotatable bonds is 5. The standard InChI is InChI=1S/C9H14N2O/c1-2-8(1)3-5-10-7-9-4-6-12-11-9/h4,6,8,10H,1-3,5,7H2. The minimum absolute atomic E-state index is 0.837. The summed E-state index contributed by atoms with van der Waals surface area (Å²) in [7, 11) is 0. The molecule has 1 fully saturated rings. The molecule has 0 aromatic carbocycles. The van der Waals surface area contributed by atoms with Crippen molar-refractivity contribution in [2.75, 3.05) is 6.54 Å². The molecule has 3 nitrogen and oxygen atoms in total. The van der Waals surface area contributed by atoms with Crippen LogP contribution in [0.25, 0.3) is 0 Å². The Hall–Kier alpha value is -0.830. The predicted molar refractivity (Wildman–Crippen MR) is 45.6 cm³/mol. The molecule has 1 aromatic rings. The molecule has 0 atom stereocenters. The summed E-state index contributed by atoms with van der Waals surface area (Å²) in [4.78, 5) is 0. The third kappa shape index (κ3) is 2.34. The third-order valence-electron chi connectivity index (χ3n) is 2.22. The van der Waals surface area contributed by atoms with Gasteiger partial charge in [-0.1, -0.05) is 18.0 Å². The Labute approximate surface area is 72.1 Å². The minimum Gasteiger partial charge on any atom is -0.364 e. The van der Waals surface area contributed by atoms with Gasteiger partial charge in [-0.3, -0.25) is 0 Å². The van der Waals surface area contributed by atoms with E-state index in [2.05, 4.69) is 10.5 Å². The summed E-state index contributed by atoms with van der Waals surface area (Å²) in [6, 6.07) is 1.89. The molecule has 1 heterocycles. The number of nitrogens with one attached hydrogen (secondary N) is 1. The Balaban J connectivity index is 1.56. The minimum atomic E-state index is 0.837. The molecule has 0 unspecified atom stereocenters. The van der Waals surface area contributed by atoms with Gasteiger partial charge in [-0.2, -0.15) is 0 Å². The van der Waals surface area contributed by atoms with Crippen molar-refractivity contribution in [1.82, 2.24) is 10.5 Å². The van der Waals surface area contributed by atoms with Crippen molar-refractivity contribution in [3.05, 3.63) is 18.0 Å². The van der Waals surface area contributed by atoms with Crippen molar-refractivity contribution in [1.29, 1.82) is 0 Å². The Morgan fingerprint density at radius 2 is 2.50 bits per heavy atom. The zero-order valence-electron chi connectivity index (χ0n) is 7.12. The van der Waals surface area contributed by atoms with Gasteiger partial charge in [0.2, 0.25) is 0 Å². The lowest BCUT2D eigenvalue weighted by atomic mass is 10.3. The highest BCUT2D eigenvalue weighted by Gasteiger charge is 2.19. The molecule has 12 heavy (non-hydrogen) atoms. The molecule has 1 aliphatic rings. The number of aromatic nitrogens is 1. The second-order valence-corrected chi connectivity index (χ2v) is 3.40. The number of nitrogens with zero attached hydrogens (tertiary/aromatic N) is 1. The summed E-state index contributed by atoms with van der Waals surface area (Å²) in [5, 5.41) is 7.15. The highest BCUT2D eigenvalue weighted by Crippen LogP contribution is 2.31. The lowest BCUT2D eigenvalue weighted by Gasteiger charge is -1.99. The first-order chi connectivity index (χ1) is 5.95. The molecule has 1 aliphatic carbocycles. The third-order valence-corrected chi connectivity index (χ3v) is 2.22. The highest BCUT2D eigenvalue weighted by atomic mass is 16.5. The van der Waals surface area contributed by atoms with E-state index in [0.29, 0.717) is 0 Å². The van der Waals surface area contributed by atoms with E-state index in [4.69, 9.17) is 4.52 Å². The SMILES string of the molecule is c1cc(CNCCC2CC2)no1. The fourth-order valence-corrected chi connectivity index (χ4v) is 1.26. The Morgan fingerprint density at radius 3 is 3.17 bits per heavy atom. The van der Waals surface area contributed by atoms with Gasteiger partial charge in [0.25, 0.3) is 0 Å². The van der Waals surface area contributed by atoms with Gasteiger partial charge in [0.15, 0.2) is 0 Å². The van der Waals surface area contributed by atoms with Gasteiger partial charge in [-0.05, 0) is 18.9 Å². The molecule has 0 aliphatic heterocycles. The molecule has 1 N–H and O–H groups in total. The molecule has 2 rings (SSSR count).